The molecule has 0 N–H and O–H groups in total. The number of hydrogen-bond acceptors (Lipinski definition) is 8. The van der Waals surface area contributed by atoms with Gasteiger partial charge in [-0.15, -0.1) is 4.90 Å². The first-order valence-corrected chi connectivity index (χ1v) is 8.47. The highest BCUT2D eigenvalue weighted by Crippen LogP contribution is 2.23. The Morgan fingerprint density at radius 1 is 1.07 bits per heavy atom. The zero-order valence-electron chi connectivity index (χ0n) is 16.9. The van der Waals surface area contributed by atoms with Crippen LogP contribution in [0.15, 0.2) is 6.20 Å². The summed E-state index contributed by atoms with van der Waals surface area (Å²) in [5.41, 5.74) is -1.11. The minimum atomic E-state index is -0.973. The molecule has 0 bridgehead atoms. The van der Waals surface area contributed by atoms with Crippen molar-refractivity contribution in [1.29, 1.82) is 0 Å². The minimum Gasteiger partial charge on any atom is -0.481 e. The van der Waals surface area contributed by atoms with Gasteiger partial charge in [-0.3, -0.25) is 0 Å². The van der Waals surface area contributed by atoms with Gasteiger partial charge in [0.1, 0.15) is 17.5 Å². The third-order valence-corrected chi connectivity index (χ3v) is 2.89. The molecule has 0 radical (unpaired) electrons. The highest BCUT2D eigenvalue weighted by Gasteiger charge is 2.35. The van der Waals surface area contributed by atoms with E-state index in [1.165, 1.54) is 13.3 Å². The summed E-state index contributed by atoms with van der Waals surface area (Å²) in [5, 5.41) is 0. The summed E-state index contributed by atoms with van der Waals surface area (Å²) in [6.07, 6.45) is 0.846. The maximum atomic E-state index is 12.6. The Bertz CT molecular complexity index is 663. The fourth-order valence-electron chi connectivity index (χ4n) is 1.91. The van der Waals surface area contributed by atoms with Gasteiger partial charge in [0.15, 0.2) is 0 Å². The molecule has 0 unspecified atom stereocenters. The number of aldehydes is 1. The van der Waals surface area contributed by atoms with Crippen molar-refractivity contribution in [3.63, 3.8) is 0 Å². The third kappa shape index (κ3) is 7.20. The van der Waals surface area contributed by atoms with Gasteiger partial charge in [-0.2, -0.15) is 4.98 Å². The highest BCUT2D eigenvalue weighted by atomic mass is 16.6. The van der Waals surface area contributed by atoms with Crippen LogP contribution in [-0.4, -0.2) is 46.8 Å². The van der Waals surface area contributed by atoms with Gasteiger partial charge in [0.2, 0.25) is 11.8 Å². The second-order valence-electron chi connectivity index (χ2n) is 7.71. The van der Waals surface area contributed by atoms with Gasteiger partial charge in [-0.05, 0) is 48.0 Å². The smallest absolute Gasteiger partial charge is 0.427 e. The summed E-state index contributed by atoms with van der Waals surface area (Å²) < 4.78 is 15.8. The van der Waals surface area contributed by atoms with Crippen molar-refractivity contribution in [3.8, 4) is 5.88 Å². The van der Waals surface area contributed by atoms with E-state index in [1.807, 2.05) is 0 Å². The minimum absolute atomic E-state index is 0.152. The van der Waals surface area contributed by atoms with Crippen LogP contribution < -0.4 is 9.64 Å². The molecule has 2 amide bonds. The van der Waals surface area contributed by atoms with E-state index < -0.39 is 23.4 Å². The van der Waals surface area contributed by atoms with Crippen LogP contribution in [0.3, 0.4) is 0 Å². The molecule has 0 spiro atoms. The van der Waals surface area contributed by atoms with Crippen molar-refractivity contribution in [3.05, 3.63) is 11.8 Å². The molecule has 1 heterocycles. The fraction of sp³-hybridized carbons (Fsp3) is 0.611. The summed E-state index contributed by atoms with van der Waals surface area (Å²) in [5.74, 6) is -0.0934. The molecule has 0 saturated carbocycles. The van der Waals surface area contributed by atoms with Gasteiger partial charge < -0.3 is 19.0 Å². The predicted octanol–water partition coefficient (Wildman–Crippen LogP) is 3.29. The number of hydrogen-bond donors (Lipinski definition) is 0. The van der Waals surface area contributed by atoms with Crippen LogP contribution >= 0.6 is 0 Å². The average molecular weight is 381 g/mol. The number of imide groups is 1. The molecule has 9 nitrogen and oxygen atoms in total. The topological polar surface area (TPSA) is 108 Å². The van der Waals surface area contributed by atoms with Crippen LogP contribution in [-0.2, 0) is 20.7 Å². The molecule has 0 aliphatic carbocycles. The number of carbonyl (C=O) groups excluding carboxylic acids is 3. The number of aryl methyl sites for hydroxylation is 1. The molecule has 150 valence electrons. The van der Waals surface area contributed by atoms with Crippen molar-refractivity contribution in [2.24, 2.45) is 0 Å². The van der Waals surface area contributed by atoms with E-state index in [0.717, 1.165) is 6.29 Å². The van der Waals surface area contributed by atoms with Gasteiger partial charge in [0.25, 0.3) is 0 Å². The Kier molecular flexibility index (Phi) is 7.27. The van der Waals surface area contributed by atoms with Crippen LogP contribution in [0.2, 0.25) is 0 Å². The standard InChI is InChI=1S/C18H27N3O6/c1-17(2,3)26-15(23)21(16(24)27-18(4,5)6)14-19-11-12(9-8-10-22)13(20-14)25-7/h10-11H,8-9H2,1-7H3. The summed E-state index contributed by atoms with van der Waals surface area (Å²) in [4.78, 5) is 44.5. The number of rotatable bonds is 5. The predicted molar refractivity (Wildman–Crippen MR) is 97.9 cm³/mol. The number of aromatic nitrogens is 2. The molecule has 0 aliphatic heterocycles. The van der Waals surface area contributed by atoms with Gasteiger partial charge in [-0.25, -0.2) is 14.6 Å². The zero-order valence-corrected chi connectivity index (χ0v) is 16.9. The second kappa shape index (κ2) is 8.79. The second-order valence-corrected chi connectivity index (χ2v) is 7.71. The van der Waals surface area contributed by atoms with Crippen molar-refractivity contribution in [2.75, 3.05) is 12.0 Å². The Hall–Kier alpha value is -2.71. The van der Waals surface area contributed by atoms with Crippen LogP contribution in [0, 0.1) is 0 Å². The quantitative estimate of drug-likeness (QED) is 0.715. The molecular formula is C18H27N3O6. The van der Waals surface area contributed by atoms with Crippen molar-refractivity contribution >= 4 is 24.4 Å². The zero-order chi connectivity index (χ0) is 20.8. The van der Waals surface area contributed by atoms with E-state index in [4.69, 9.17) is 14.2 Å². The molecular weight excluding hydrogens is 354 g/mol. The molecule has 1 aromatic heterocycles. The molecule has 0 aliphatic rings. The van der Waals surface area contributed by atoms with Gasteiger partial charge in [0, 0.05) is 18.2 Å². The van der Waals surface area contributed by atoms with E-state index in [0.29, 0.717) is 16.9 Å². The molecule has 1 aromatic rings. The average Bonchev–Trinajstić information content (AvgIpc) is 2.50. The van der Waals surface area contributed by atoms with Gasteiger partial charge >= 0.3 is 12.2 Å². The first-order valence-electron chi connectivity index (χ1n) is 8.47. The lowest BCUT2D eigenvalue weighted by Gasteiger charge is -2.27. The summed E-state index contributed by atoms with van der Waals surface area (Å²) >= 11 is 0. The normalized spacial score (nSPS) is 11.5. The van der Waals surface area contributed by atoms with Crippen molar-refractivity contribution in [2.45, 2.75) is 65.6 Å². The van der Waals surface area contributed by atoms with Crippen LogP contribution in [0.25, 0.3) is 0 Å². The van der Waals surface area contributed by atoms with Crippen molar-refractivity contribution in [1.82, 2.24) is 9.97 Å². The Labute approximate surface area is 159 Å². The molecule has 9 heteroatoms. The maximum Gasteiger partial charge on any atom is 0.427 e. The highest BCUT2D eigenvalue weighted by molar-refractivity contribution is 6.08. The summed E-state index contributed by atoms with van der Waals surface area (Å²) in [6, 6.07) is 0. The number of nitrogens with zero attached hydrogens (tertiary/aromatic N) is 3. The Morgan fingerprint density at radius 3 is 2.00 bits per heavy atom. The SMILES string of the molecule is COc1nc(N(C(=O)OC(C)(C)C)C(=O)OC(C)(C)C)ncc1CCC=O. The lowest BCUT2D eigenvalue weighted by molar-refractivity contribution is -0.107. The van der Waals surface area contributed by atoms with Crippen LogP contribution in [0.5, 0.6) is 5.88 Å². The monoisotopic (exact) mass is 381 g/mol. The van der Waals surface area contributed by atoms with E-state index in [1.54, 1.807) is 41.5 Å². The molecule has 1 rings (SSSR count). The van der Waals surface area contributed by atoms with E-state index in [9.17, 15) is 14.4 Å². The van der Waals surface area contributed by atoms with Crippen LogP contribution in [0.1, 0.15) is 53.5 Å². The number of ether oxygens (including phenoxy) is 3. The van der Waals surface area contributed by atoms with Crippen molar-refractivity contribution < 1.29 is 28.6 Å². The molecule has 0 saturated heterocycles. The fourth-order valence-corrected chi connectivity index (χ4v) is 1.91. The first kappa shape index (κ1) is 22.3. The van der Waals surface area contributed by atoms with E-state index >= 15 is 0 Å². The Balaban J connectivity index is 3.30. The lowest BCUT2D eigenvalue weighted by atomic mass is 10.2. The Morgan fingerprint density at radius 2 is 1.59 bits per heavy atom. The number of methoxy groups -OCH3 is 1. The first-order chi connectivity index (χ1) is 12.4. The summed E-state index contributed by atoms with van der Waals surface area (Å²) in [7, 11) is 1.39. The third-order valence-electron chi connectivity index (χ3n) is 2.89. The van der Waals surface area contributed by atoms with Gasteiger partial charge in [-0.1, -0.05) is 0 Å². The molecule has 0 aromatic carbocycles. The maximum absolute atomic E-state index is 12.6. The van der Waals surface area contributed by atoms with E-state index in [2.05, 4.69) is 9.97 Å². The van der Waals surface area contributed by atoms with Crippen LogP contribution in [0.4, 0.5) is 15.5 Å². The largest absolute Gasteiger partial charge is 0.481 e. The van der Waals surface area contributed by atoms with Gasteiger partial charge in [0.05, 0.1) is 7.11 Å². The molecule has 0 fully saturated rings. The number of carbonyl (C=O) groups is 3. The van der Waals surface area contributed by atoms with E-state index in [-0.39, 0.29) is 18.2 Å². The summed E-state index contributed by atoms with van der Waals surface area (Å²) in [6.45, 7) is 10.0. The number of amides is 2. The number of anilines is 1. The molecule has 0 atom stereocenters. The lowest BCUT2D eigenvalue weighted by Crippen LogP contribution is -2.44. The molecule has 27 heavy (non-hydrogen) atoms.